The number of esters is 1. The maximum atomic E-state index is 12.8. The number of rotatable bonds is 8. The minimum Gasteiger partial charge on any atom is -0.456 e. The van der Waals surface area contributed by atoms with Crippen molar-refractivity contribution in [1.82, 2.24) is 0 Å². The average Bonchev–Trinajstić information content (AvgIpc) is 2.77. The van der Waals surface area contributed by atoms with E-state index in [0.29, 0.717) is 16.8 Å². The van der Waals surface area contributed by atoms with Crippen LogP contribution in [0.4, 0.5) is 5.69 Å². The molecule has 0 fully saturated rings. The summed E-state index contributed by atoms with van der Waals surface area (Å²) in [7, 11) is 0. The van der Waals surface area contributed by atoms with E-state index in [0.717, 1.165) is 31.2 Å². The van der Waals surface area contributed by atoms with E-state index in [1.165, 1.54) is 5.56 Å². The predicted octanol–water partition coefficient (Wildman–Crippen LogP) is 6.46. The standard InChI is InChI=1S/C28H31NO3/c1-28(2,3)32-27(31)24-19-18-22(15-11-10-14-21-12-6-4-7-13-21)20-25(24)29-26(30)23-16-8-5-9-17-23/h4-9,12-13,16-20H,10-11,14-15H2,1-3H3,(H,29,30). The van der Waals surface area contributed by atoms with Gasteiger partial charge in [0.1, 0.15) is 5.60 Å². The summed E-state index contributed by atoms with van der Waals surface area (Å²) >= 11 is 0. The molecule has 0 atom stereocenters. The third-order valence-electron chi connectivity index (χ3n) is 5.01. The predicted molar refractivity (Wildman–Crippen MR) is 129 cm³/mol. The average molecular weight is 430 g/mol. The van der Waals surface area contributed by atoms with Gasteiger partial charge in [0.15, 0.2) is 0 Å². The molecule has 3 aromatic rings. The first-order chi connectivity index (χ1) is 15.3. The molecule has 3 aromatic carbocycles. The zero-order valence-electron chi connectivity index (χ0n) is 19.1. The molecule has 4 heteroatoms. The lowest BCUT2D eigenvalue weighted by atomic mass is 10.0. The fourth-order valence-electron chi connectivity index (χ4n) is 3.45. The van der Waals surface area contributed by atoms with Crippen molar-refractivity contribution >= 4 is 17.6 Å². The van der Waals surface area contributed by atoms with E-state index in [-0.39, 0.29) is 5.91 Å². The molecular weight excluding hydrogens is 398 g/mol. The van der Waals surface area contributed by atoms with Crippen molar-refractivity contribution in [3.63, 3.8) is 0 Å². The smallest absolute Gasteiger partial charge is 0.340 e. The number of benzene rings is 3. The van der Waals surface area contributed by atoms with E-state index >= 15 is 0 Å². The Morgan fingerprint density at radius 2 is 1.38 bits per heavy atom. The second kappa shape index (κ2) is 10.8. The van der Waals surface area contributed by atoms with Crippen molar-refractivity contribution in [3.8, 4) is 0 Å². The molecule has 0 aliphatic carbocycles. The number of hydrogen-bond acceptors (Lipinski definition) is 3. The molecule has 166 valence electrons. The summed E-state index contributed by atoms with van der Waals surface area (Å²) in [6, 6.07) is 25.0. The number of hydrogen-bond donors (Lipinski definition) is 1. The maximum absolute atomic E-state index is 12.8. The van der Waals surface area contributed by atoms with E-state index in [1.807, 2.05) is 57.2 Å². The van der Waals surface area contributed by atoms with Crippen LogP contribution < -0.4 is 5.32 Å². The number of nitrogens with one attached hydrogen (secondary N) is 1. The molecule has 0 bridgehead atoms. The van der Waals surface area contributed by atoms with Gasteiger partial charge in [0.05, 0.1) is 11.3 Å². The van der Waals surface area contributed by atoms with Gasteiger partial charge in [-0.1, -0.05) is 54.6 Å². The van der Waals surface area contributed by atoms with E-state index in [4.69, 9.17) is 4.74 Å². The molecule has 3 rings (SSSR count). The molecule has 0 aromatic heterocycles. The Labute approximate surface area is 190 Å². The van der Waals surface area contributed by atoms with Gasteiger partial charge in [-0.2, -0.15) is 0 Å². The Morgan fingerprint density at radius 3 is 2.00 bits per heavy atom. The van der Waals surface area contributed by atoms with Gasteiger partial charge in [-0.05, 0) is 81.8 Å². The Bertz CT molecular complexity index is 1040. The van der Waals surface area contributed by atoms with Gasteiger partial charge >= 0.3 is 5.97 Å². The SMILES string of the molecule is CC(C)(C)OC(=O)c1ccc(CCCCc2ccccc2)cc1NC(=O)c1ccccc1. The highest BCUT2D eigenvalue weighted by Crippen LogP contribution is 2.23. The first kappa shape index (κ1) is 23.3. The summed E-state index contributed by atoms with van der Waals surface area (Å²) in [5.74, 6) is -0.701. The minimum atomic E-state index is -0.617. The molecular formula is C28H31NO3. The molecule has 0 unspecified atom stereocenters. The highest BCUT2D eigenvalue weighted by Gasteiger charge is 2.21. The summed E-state index contributed by atoms with van der Waals surface area (Å²) < 4.78 is 5.55. The van der Waals surface area contributed by atoms with Crippen LogP contribution in [0.2, 0.25) is 0 Å². The summed E-state index contributed by atoms with van der Waals surface area (Å²) in [5, 5.41) is 2.91. The molecule has 1 N–H and O–H groups in total. The quantitative estimate of drug-likeness (QED) is 0.330. The molecule has 0 aliphatic heterocycles. The molecule has 0 aliphatic rings. The van der Waals surface area contributed by atoms with Crippen LogP contribution in [0, 0.1) is 0 Å². The zero-order chi connectivity index (χ0) is 23.0. The Balaban J connectivity index is 1.73. The van der Waals surface area contributed by atoms with Gasteiger partial charge in [-0.25, -0.2) is 4.79 Å². The van der Waals surface area contributed by atoms with E-state index in [2.05, 4.69) is 29.6 Å². The van der Waals surface area contributed by atoms with E-state index in [9.17, 15) is 9.59 Å². The molecule has 0 radical (unpaired) electrons. The third-order valence-corrected chi connectivity index (χ3v) is 5.01. The molecule has 0 heterocycles. The first-order valence-electron chi connectivity index (χ1n) is 11.1. The summed E-state index contributed by atoms with van der Waals surface area (Å²) in [6.45, 7) is 5.48. The number of ether oxygens (including phenoxy) is 1. The number of amides is 1. The molecule has 4 nitrogen and oxygen atoms in total. The van der Waals surface area contributed by atoms with Gasteiger partial charge in [0.25, 0.3) is 5.91 Å². The van der Waals surface area contributed by atoms with Crippen molar-refractivity contribution in [2.45, 2.75) is 52.1 Å². The molecule has 0 saturated carbocycles. The van der Waals surface area contributed by atoms with Crippen LogP contribution in [0.3, 0.4) is 0 Å². The normalized spacial score (nSPS) is 11.1. The topological polar surface area (TPSA) is 55.4 Å². The number of unbranched alkanes of at least 4 members (excludes halogenated alkanes) is 1. The lowest BCUT2D eigenvalue weighted by Gasteiger charge is -2.21. The van der Waals surface area contributed by atoms with Crippen LogP contribution in [-0.2, 0) is 17.6 Å². The summed E-state index contributed by atoms with van der Waals surface area (Å²) in [4.78, 5) is 25.5. The fourth-order valence-corrected chi connectivity index (χ4v) is 3.45. The second-order valence-corrected chi connectivity index (χ2v) is 8.89. The van der Waals surface area contributed by atoms with Crippen LogP contribution in [-0.4, -0.2) is 17.5 Å². The van der Waals surface area contributed by atoms with E-state index in [1.54, 1.807) is 18.2 Å². The van der Waals surface area contributed by atoms with Gasteiger partial charge < -0.3 is 10.1 Å². The van der Waals surface area contributed by atoms with Gasteiger partial charge in [0.2, 0.25) is 0 Å². The Kier molecular flexibility index (Phi) is 7.82. The number of carbonyl (C=O) groups excluding carboxylic acids is 2. The maximum Gasteiger partial charge on any atom is 0.340 e. The lowest BCUT2D eigenvalue weighted by Crippen LogP contribution is -2.25. The number of anilines is 1. The van der Waals surface area contributed by atoms with Crippen molar-refractivity contribution in [3.05, 3.63) is 101 Å². The van der Waals surface area contributed by atoms with Crippen LogP contribution >= 0.6 is 0 Å². The molecule has 0 saturated heterocycles. The fraction of sp³-hybridized carbons (Fsp3) is 0.286. The van der Waals surface area contributed by atoms with Crippen LogP contribution in [0.1, 0.15) is 65.5 Å². The van der Waals surface area contributed by atoms with Crippen molar-refractivity contribution in [2.75, 3.05) is 5.32 Å². The largest absolute Gasteiger partial charge is 0.456 e. The first-order valence-corrected chi connectivity index (χ1v) is 11.1. The van der Waals surface area contributed by atoms with Gasteiger partial charge in [-0.3, -0.25) is 4.79 Å². The van der Waals surface area contributed by atoms with Crippen LogP contribution in [0.25, 0.3) is 0 Å². The monoisotopic (exact) mass is 429 g/mol. The highest BCUT2D eigenvalue weighted by atomic mass is 16.6. The number of carbonyl (C=O) groups is 2. The van der Waals surface area contributed by atoms with Crippen molar-refractivity contribution in [2.24, 2.45) is 0 Å². The summed E-state index contributed by atoms with van der Waals surface area (Å²) in [6.07, 6.45) is 4.00. The van der Waals surface area contributed by atoms with E-state index < -0.39 is 11.6 Å². The molecule has 32 heavy (non-hydrogen) atoms. The zero-order valence-corrected chi connectivity index (χ0v) is 19.1. The Morgan fingerprint density at radius 1 is 0.781 bits per heavy atom. The summed E-state index contributed by atoms with van der Waals surface area (Å²) in [5.41, 5.74) is 3.17. The lowest BCUT2D eigenvalue weighted by molar-refractivity contribution is 0.00707. The second-order valence-electron chi connectivity index (χ2n) is 8.89. The minimum absolute atomic E-state index is 0.253. The van der Waals surface area contributed by atoms with Crippen molar-refractivity contribution < 1.29 is 14.3 Å². The Hall–Kier alpha value is -3.40. The molecule has 0 spiro atoms. The number of aryl methyl sites for hydroxylation is 2. The van der Waals surface area contributed by atoms with Crippen LogP contribution in [0.15, 0.2) is 78.9 Å². The van der Waals surface area contributed by atoms with Gasteiger partial charge in [0, 0.05) is 5.56 Å². The van der Waals surface area contributed by atoms with Crippen LogP contribution in [0.5, 0.6) is 0 Å². The molecule has 1 amide bonds. The third kappa shape index (κ3) is 7.09. The highest BCUT2D eigenvalue weighted by molar-refractivity contribution is 6.08. The van der Waals surface area contributed by atoms with Crippen molar-refractivity contribution in [1.29, 1.82) is 0 Å². The van der Waals surface area contributed by atoms with Gasteiger partial charge in [-0.15, -0.1) is 0 Å².